The number of aliphatic hydroxyl groups excluding tert-OH is 8. The highest BCUT2D eigenvalue weighted by Crippen LogP contribution is 2.23. The first-order chi connectivity index (χ1) is 37.0. The van der Waals surface area contributed by atoms with Gasteiger partial charge in [0.05, 0.1) is 52.1 Å². The minimum atomic E-state index is -1.58. The molecule has 11 atom stereocenters. The minimum absolute atomic E-state index is 0.0664. The Balaban J connectivity index is 1.35. The van der Waals surface area contributed by atoms with Crippen LogP contribution in [0.3, 0.4) is 0 Å². The summed E-state index contributed by atoms with van der Waals surface area (Å²) in [6, 6.07) is 8.85. The standard InChI is InChI=1S/C50H84N8O19/c1-51-33(26-32-14-6-2-7-15-32)48(73)57-38(63)18-10-5-13-21-54-41(66)29-58(27-39(64)52-19-11-3-8-16-36(61)55-22-24-74-49-46(71)44(69)42(67)34(30-59)76-49)28-40(65)53-20-12-4-9-17-37(62)56-23-25-75-50-47(72)45(70)43(68)35(31-60)77-50/h2,6-7,14-15,33-35,42-47,49-51,59-60,67-72H,3-5,8-13,16-31H2,1H3,(H,52,64)(H,53,65)(H,54,66)(H,55,61)(H,56,62)(H,57,63,73)/t33-,34+,35+,42+,43+,44-,45-,46-,47-,49-,50-/m0/s1. The first-order valence-electron chi connectivity index (χ1n) is 26.4. The van der Waals surface area contributed by atoms with Crippen molar-refractivity contribution in [2.24, 2.45) is 0 Å². The van der Waals surface area contributed by atoms with Gasteiger partial charge in [-0.2, -0.15) is 0 Å². The Bertz CT molecular complexity index is 1830. The average Bonchev–Trinajstić information content (AvgIpc) is 3.41. The summed E-state index contributed by atoms with van der Waals surface area (Å²) in [5.41, 5.74) is 0.950. The molecule has 77 heavy (non-hydrogen) atoms. The molecule has 15 N–H and O–H groups in total. The molecule has 2 heterocycles. The third-order valence-corrected chi connectivity index (χ3v) is 12.6. The van der Waals surface area contributed by atoms with Gasteiger partial charge in [0.25, 0.3) is 0 Å². The molecule has 0 aromatic heterocycles. The second-order valence-electron chi connectivity index (χ2n) is 18.9. The van der Waals surface area contributed by atoms with Crippen molar-refractivity contribution in [3.05, 3.63) is 35.9 Å². The number of carbonyl (C=O) groups excluding carboxylic acids is 7. The van der Waals surface area contributed by atoms with Gasteiger partial charge in [0.2, 0.25) is 41.4 Å². The molecule has 1 aromatic carbocycles. The van der Waals surface area contributed by atoms with Crippen LogP contribution in [0.5, 0.6) is 0 Å². The van der Waals surface area contributed by atoms with E-state index in [1.807, 2.05) is 30.3 Å². The molecular formula is C50H84N8O19. The topological polar surface area (TPSA) is 406 Å². The van der Waals surface area contributed by atoms with E-state index in [-0.39, 0.29) is 96.6 Å². The number of carbonyl (C=O) groups is 7. The number of nitrogens with one attached hydrogen (secondary N) is 7. The Hall–Kier alpha value is -4.85. The van der Waals surface area contributed by atoms with E-state index in [1.54, 1.807) is 7.05 Å². The summed E-state index contributed by atoms with van der Waals surface area (Å²) in [5.74, 6) is -2.65. The molecule has 3 rings (SSSR count). The molecule has 0 saturated carbocycles. The number of unbranched alkanes of at least 4 members (excludes halogenated alkanes) is 6. The van der Waals surface area contributed by atoms with E-state index in [9.17, 15) is 74.4 Å². The number of benzene rings is 1. The molecule has 27 heteroatoms. The Labute approximate surface area is 448 Å². The maximum Gasteiger partial charge on any atom is 0.244 e. The van der Waals surface area contributed by atoms with Crippen molar-refractivity contribution in [3.8, 4) is 0 Å². The molecule has 0 aliphatic carbocycles. The van der Waals surface area contributed by atoms with Crippen LogP contribution in [-0.2, 0) is 58.9 Å². The highest BCUT2D eigenvalue weighted by Gasteiger charge is 2.45. The molecule has 0 spiro atoms. The predicted molar refractivity (Wildman–Crippen MR) is 272 cm³/mol. The fourth-order valence-electron chi connectivity index (χ4n) is 8.17. The van der Waals surface area contributed by atoms with Crippen molar-refractivity contribution in [3.63, 3.8) is 0 Å². The van der Waals surface area contributed by atoms with Crippen LogP contribution in [0, 0.1) is 0 Å². The van der Waals surface area contributed by atoms with Crippen LogP contribution in [0.25, 0.3) is 0 Å². The summed E-state index contributed by atoms with van der Waals surface area (Å²) in [6.45, 7) is -1.23. The normalized spacial score (nSPS) is 23.6. The Morgan fingerprint density at radius 2 is 0.896 bits per heavy atom. The van der Waals surface area contributed by atoms with E-state index in [0.717, 1.165) is 5.56 Å². The van der Waals surface area contributed by atoms with E-state index in [2.05, 4.69) is 37.2 Å². The van der Waals surface area contributed by atoms with E-state index in [0.29, 0.717) is 64.2 Å². The molecule has 0 unspecified atom stereocenters. The number of amides is 7. The summed E-state index contributed by atoms with van der Waals surface area (Å²) in [4.78, 5) is 90.2. The maximum atomic E-state index is 13.0. The van der Waals surface area contributed by atoms with E-state index in [1.165, 1.54) is 4.90 Å². The molecule has 438 valence electrons. The Kier molecular flexibility index (Phi) is 32.7. The number of nitrogens with zero attached hydrogens (tertiary/aromatic N) is 1. The number of aliphatic hydroxyl groups is 8. The molecule has 0 radical (unpaired) electrons. The summed E-state index contributed by atoms with van der Waals surface area (Å²) in [5, 5.41) is 97.4. The van der Waals surface area contributed by atoms with Gasteiger partial charge in [-0.05, 0) is 57.6 Å². The molecule has 2 saturated heterocycles. The van der Waals surface area contributed by atoms with Crippen molar-refractivity contribution in [1.29, 1.82) is 0 Å². The molecule has 7 amide bonds. The monoisotopic (exact) mass is 1100 g/mol. The van der Waals surface area contributed by atoms with Crippen molar-refractivity contribution >= 4 is 41.4 Å². The number of hydrogen-bond acceptors (Lipinski definition) is 21. The smallest absolute Gasteiger partial charge is 0.244 e. The van der Waals surface area contributed by atoms with Crippen molar-refractivity contribution in [1.82, 2.24) is 42.1 Å². The summed E-state index contributed by atoms with van der Waals surface area (Å²) >= 11 is 0. The van der Waals surface area contributed by atoms with Crippen LogP contribution in [0.15, 0.2) is 30.3 Å². The zero-order valence-electron chi connectivity index (χ0n) is 43.9. The van der Waals surface area contributed by atoms with Crippen LogP contribution >= 0.6 is 0 Å². The zero-order valence-corrected chi connectivity index (χ0v) is 43.9. The van der Waals surface area contributed by atoms with Crippen molar-refractivity contribution in [2.75, 3.05) is 85.8 Å². The van der Waals surface area contributed by atoms with Gasteiger partial charge in [0, 0.05) is 52.0 Å². The predicted octanol–water partition coefficient (Wildman–Crippen LogP) is -5.34. The number of rotatable bonds is 38. The van der Waals surface area contributed by atoms with Gasteiger partial charge in [0.15, 0.2) is 12.6 Å². The Morgan fingerprint density at radius 3 is 1.29 bits per heavy atom. The number of imide groups is 1. The van der Waals surface area contributed by atoms with Gasteiger partial charge in [-0.25, -0.2) is 0 Å². The molecule has 2 aliphatic heterocycles. The summed E-state index contributed by atoms with van der Waals surface area (Å²) in [7, 11) is 1.65. The molecule has 2 aliphatic rings. The third kappa shape index (κ3) is 26.1. The largest absolute Gasteiger partial charge is 0.394 e. The van der Waals surface area contributed by atoms with Gasteiger partial charge < -0.3 is 91.7 Å². The van der Waals surface area contributed by atoms with Gasteiger partial charge in [0.1, 0.15) is 48.8 Å². The minimum Gasteiger partial charge on any atom is -0.394 e. The van der Waals surface area contributed by atoms with Crippen LogP contribution in [0.2, 0.25) is 0 Å². The second kappa shape index (κ2) is 37.9. The maximum absolute atomic E-state index is 13.0. The summed E-state index contributed by atoms with van der Waals surface area (Å²) < 4.78 is 21.3. The quantitative estimate of drug-likeness (QED) is 0.0275. The van der Waals surface area contributed by atoms with E-state index >= 15 is 0 Å². The lowest BCUT2D eigenvalue weighted by molar-refractivity contribution is -0.300. The van der Waals surface area contributed by atoms with Crippen LogP contribution in [-0.4, -0.2) is 240 Å². The average molecular weight is 1100 g/mol. The van der Waals surface area contributed by atoms with Crippen molar-refractivity contribution < 1.29 is 93.4 Å². The Morgan fingerprint density at radius 1 is 0.506 bits per heavy atom. The van der Waals surface area contributed by atoms with Gasteiger partial charge >= 0.3 is 0 Å². The summed E-state index contributed by atoms with van der Waals surface area (Å²) in [6.07, 6.45) is -8.42. The van der Waals surface area contributed by atoms with E-state index < -0.39 is 110 Å². The molecule has 1 aromatic rings. The molecule has 0 bridgehead atoms. The lowest BCUT2D eigenvalue weighted by Crippen LogP contribution is -2.59. The number of likely N-dealkylation sites (N-methyl/N-ethyl adjacent to an activating group) is 1. The lowest BCUT2D eigenvalue weighted by atomic mass is 9.99. The number of ether oxygens (including phenoxy) is 4. The molecular weight excluding hydrogens is 1020 g/mol. The first-order valence-corrected chi connectivity index (χ1v) is 26.4. The van der Waals surface area contributed by atoms with E-state index in [4.69, 9.17) is 18.9 Å². The second-order valence-corrected chi connectivity index (χ2v) is 18.9. The third-order valence-electron chi connectivity index (χ3n) is 12.6. The highest BCUT2D eigenvalue weighted by molar-refractivity contribution is 5.97. The van der Waals surface area contributed by atoms with Gasteiger partial charge in [-0.15, -0.1) is 0 Å². The number of hydrogen-bond donors (Lipinski definition) is 15. The van der Waals surface area contributed by atoms with Gasteiger partial charge in [-0.3, -0.25) is 43.8 Å². The molecule has 2 fully saturated rings. The van der Waals surface area contributed by atoms with Crippen LogP contribution in [0.4, 0.5) is 0 Å². The molecule has 27 nitrogen and oxygen atoms in total. The van der Waals surface area contributed by atoms with Crippen LogP contribution < -0.4 is 37.2 Å². The zero-order chi connectivity index (χ0) is 56.5. The lowest BCUT2D eigenvalue weighted by Gasteiger charge is -2.39. The van der Waals surface area contributed by atoms with Crippen molar-refractivity contribution in [2.45, 2.75) is 151 Å². The highest BCUT2D eigenvalue weighted by atomic mass is 16.7. The van der Waals surface area contributed by atoms with Gasteiger partial charge in [-0.1, -0.05) is 49.6 Å². The fourth-order valence-corrected chi connectivity index (χ4v) is 8.17. The SMILES string of the molecule is CN[C@@H](Cc1ccccc1)C(=O)NC(=O)CCCCCNC(=O)CN(CC(=O)NCCCCCC(=O)NCCO[C@H]1O[C@H](CO)[C@@H](O)[C@H](O)[C@@H]1O)CC(=O)NCCCCCC(=O)NCCO[C@H]1O[C@H](CO)[C@@H](O)[C@H](O)[C@@H]1O. The fraction of sp³-hybridized carbons (Fsp3) is 0.740. The first kappa shape index (κ1) is 66.4. The van der Waals surface area contributed by atoms with Crippen LogP contribution in [0.1, 0.15) is 82.6 Å².